The summed E-state index contributed by atoms with van der Waals surface area (Å²) in [7, 11) is 2.19. The zero-order valence-electron chi connectivity index (χ0n) is 21.2. The van der Waals surface area contributed by atoms with Crippen LogP contribution in [0.4, 0.5) is 5.69 Å². The van der Waals surface area contributed by atoms with Crippen LogP contribution in [0.15, 0.2) is 55.0 Å². The predicted molar refractivity (Wildman–Crippen MR) is 149 cm³/mol. The fraction of sp³-hybridized carbons (Fsp3) is 0.345. The van der Waals surface area contributed by atoms with Crippen LogP contribution in [0.2, 0.25) is 0 Å². The number of anilines is 1. The van der Waals surface area contributed by atoms with Gasteiger partial charge in [0.1, 0.15) is 0 Å². The normalized spacial score (nSPS) is 17.4. The topological polar surface area (TPSA) is 80.0 Å². The fourth-order valence-corrected chi connectivity index (χ4v) is 5.79. The zero-order valence-corrected chi connectivity index (χ0v) is 21.2. The van der Waals surface area contributed by atoms with E-state index in [1.165, 1.54) is 42.6 Å². The molecule has 8 nitrogen and oxygen atoms in total. The van der Waals surface area contributed by atoms with Gasteiger partial charge in [-0.3, -0.25) is 15.0 Å². The Morgan fingerprint density at radius 2 is 1.70 bits per heavy atom. The highest BCUT2D eigenvalue weighted by Gasteiger charge is 2.19. The molecule has 2 fully saturated rings. The molecule has 6 heterocycles. The Labute approximate surface area is 216 Å². The summed E-state index contributed by atoms with van der Waals surface area (Å²) < 4.78 is 0. The van der Waals surface area contributed by atoms with Crippen LogP contribution in [0.3, 0.4) is 0 Å². The molecule has 0 saturated carbocycles. The molecule has 2 saturated heterocycles. The summed E-state index contributed by atoms with van der Waals surface area (Å²) in [5.41, 5.74) is 8.53. The lowest BCUT2D eigenvalue weighted by atomic mass is 10.1. The number of fused-ring (bicyclic) bond motifs is 2. The standard InChI is InChI=1S/C29H32N8/c1-35-9-11-37(12-10-35)27-6-4-5-25-23(27)15-26(32-25)28-24-14-22(18-31-29(24)34-33-28)21-13-20(16-30-17-21)19-36-7-2-3-8-36/h4-6,13-18,32H,2-3,7-12,19H2,1H3,(H,31,33,34). The molecule has 1 aromatic carbocycles. The van der Waals surface area contributed by atoms with Crippen LogP contribution in [-0.4, -0.2) is 81.3 Å². The van der Waals surface area contributed by atoms with E-state index in [1.54, 1.807) is 0 Å². The van der Waals surface area contributed by atoms with Crippen molar-refractivity contribution in [3.63, 3.8) is 0 Å². The van der Waals surface area contributed by atoms with Gasteiger partial charge in [-0.2, -0.15) is 5.10 Å². The number of likely N-dealkylation sites (N-methyl/N-ethyl adjacent to an activating group) is 1. The first kappa shape index (κ1) is 22.4. The van der Waals surface area contributed by atoms with Crippen LogP contribution in [-0.2, 0) is 6.54 Å². The van der Waals surface area contributed by atoms with E-state index in [0.717, 1.165) is 71.8 Å². The Kier molecular flexibility index (Phi) is 5.63. The van der Waals surface area contributed by atoms with Gasteiger partial charge in [-0.1, -0.05) is 6.07 Å². The number of hydrogen-bond donors (Lipinski definition) is 2. The van der Waals surface area contributed by atoms with Crippen molar-refractivity contribution in [3.8, 4) is 22.5 Å². The van der Waals surface area contributed by atoms with E-state index in [9.17, 15) is 0 Å². The van der Waals surface area contributed by atoms with E-state index >= 15 is 0 Å². The SMILES string of the molecule is CN1CCN(c2cccc3[nH]c(-c4[nH]nc5ncc(-c6cncc(CN7CCCC7)c6)cc45)cc23)CC1. The van der Waals surface area contributed by atoms with Crippen molar-refractivity contribution >= 4 is 27.6 Å². The minimum absolute atomic E-state index is 0.720. The Balaban J connectivity index is 1.24. The van der Waals surface area contributed by atoms with Gasteiger partial charge in [-0.25, -0.2) is 4.98 Å². The molecule has 8 heteroatoms. The Bertz CT molecular complexity index is 1550. The summed E-state index contributed by atoms with van der Waals surface area (Å²) >= 11 is 0. The van der Waals surface area contributed by atoms with Crippen LogP contribution in [0.5, 0.6) is 0 Å². The van der Waals surface area contributed by atoms with Gasteiger partial charge in [-0.15, -0.1) is 0 Å². The third-order valence-electron chi connectivity index (χ3n) is 7.90. The zero-order chi connectivity index (χ0) is 24.8. The van der Waals surface area contributed by atoms with Gasteiger partial charge >= 0.3 is 0 Å². The average molecular weight is 493 g/mol. The lowest BCUT2D eigenvalue weighted by Crippen LogP contribution is -2.44. The van der Waals surface area contributed by atoms with Crippen LogP contribution in [0.1, 0.15) is 18.4 Å². The lowest BCUT2D eigenvalue weighted by molar-refractivity contribution is 0.313. The van der Waals surface area contributed by atoms with Crippen molar-refractivity contribution < 1.29 is 0 Å². The number of H-pyrrole nitrogens is 2. The van der Waals surface area contributed by atoms with Gasteiger partial charge < -0.3 is 14.8 Å². The van der Waals surface area contributed by atoms with Crippen molar-refractivity contribution in [3.05, 3.63) is 60.6 Å². The number of aromatic nitrogens is 5. The minimum atomic E-state index is 0.720. The molecule has 4 aromatic heterocycles. The van der Waals surface area contributed by atoms with Crippen LogP contribution in [0, 0.1) is 0 Å². The van der Waals surface area contributed by atoms with E-state index in [0.29, 0.717) is 0 Å². The number of piperazine rings is 1. The van der Waals surface area contributed by atoms with Gasteiger partial charge in [-0.05, 0) is 68.9 Å². The molecule has 2 aliphatic heterocycles. The summed E-state index contributed by atoms with van der Waals surface area (Å²) in [6.45, 7) is 7.57. The van der Waals surface area contributed by atoms with E-state index in [2.05, 4.69) is 83.3 Å². The van der Waals surface area contributed by atoms with Crippen molar-refractivity contribution in [1.29, 1.82) is 0 Å². The van der Waals surface area contributed by atoms with Gasteiger partial charge in [0, 0.05) is 84.4 Å². The highest BCUT2D eigenvalue weighted by atomic mass is 15.2. The number of nitrogens with one attached hydrogen (secondary N) is 2. The van der Waals surface area contributed by atoms with Crippen LogP contribution in [0.25, 0.3) is 44.5 Å². The molecule has 0 unspecified atom stereocenters. The Morgan fingerprint density at radius 1 is 0.865 bits per heavy atom. The van der Waals surface area contributed by atoms with Crippen LogP contribution < -0.4 is 4.90 Å². The van der Waals surface area contributed by atoms with Gasteiger partial charge in [0.2, 0.25) is 0 Å². The predicted octanol–water partition coefficient (Wildman–Crippen LogP) is 4.52. The molecule has 37 heavy (non-hydrogen) atoms. The van der Waals surface area contributed by atoms with Crippen LogP contribution >= 0.6 is 0 Å². The molecule has 0 aliphatic carbocycles. The molecule has 188 valence electrons. The second kappa shape index (κ2) is 9.28. The Morgan fingerprint density at radius 3 is 2.57 bits per heavy atom. The third kappa shape index (κ3) is 4.26. The lowest BCUT2D eigenvalue weighted by Gasteiger charge is -2.34. The second-order valence-corrected chi connectivity index (χ2v) is 10.5. The summed E-state index contributed by atoms with van der Waals surface area (Å²) in [6, 6.07) is 13.2. The highest BCUT2D eigenvalue weighted by molar-refractivity contribution is 6.00. The highest BCUT2D eigenvalue weighted by Crippen LogP contribution is 2.34. The summed E-state index contributed by atoms with van der Waals surface area (Å²) in [4.78, 5) is 20.2. The summed E-state index contributed by atoms with van der Waals surface area (Å²) in [5, 5.41) is 10.0. The third-order valence-corrected chi connectivity index (χ3v) is 7.90. The number of rotatable bonds is 5. The van der Waals surface area contributed by atoms with E-state index in [1.807, 2.05) is 18.6 Å². The summed E-state index contributed by atoms with van der Waals surface area (Å²) in [6.07, 6.45) is 8.41. The number of likely N-dealkylation sites (tertiary alicyclic amines) is 1. The average Bonchev–Trinajstić information content (AvgIpc) is 3.68. The molecule has 0 bridgehead atoms. The molecule has 0 radical (unpaired) electrons. The molecular weight excluding hydrogens is 460 g/mol. The van der Waals surface area contributed by atoms with Crippen molar-refractivity contribution in [2.75, 3.05) is 51.2 Å². The number of nitrogens with zero attached hydrogens (tertiary/aromatic N) is 6. The molecule has 7 rings (SSSR count). The van der Waals surface area contributed by atoms with E-state index in [-0.39, 0.29) is 0 Å². The maximum Gasteiger partial charge on any atom is 0.181 e. The molecular formula is C29H32N8. The molecule has 0 spiro atoms. The number of hydrogen-bond acceptors (Lipinski definition) is 6. The second-order valence-electron chi connectivity index (χ2n) is 10.5. The van der Waals surface area contributed by atoms with Crippen molar-refractivity contribution in [2.24, 2.45) is 0 Å². The molecule has 2 N–H and O–H groups in total. The molecule has 0 atom stereocenters. The number of pyridine rings is 2. The van der Waals surface area contributed by atoms with Crippen molar-refractivity contribution in [2.45, 2.75) is 19.4 Å². The molecule has 2 aliphatic rings. The van der Waals surface area contributed by atoms with Gasteiger partial charge in [0.25, 0.3) is 0 Å². The van der Waals surface area contributed by atoms with E-state index in [4.69, 9.17) is 0 Å². The largest absolute Gasteiger partial charge is 0.368 e. The van der Waals surface area contributed by atoms with Crippen molar-refractivity contribution in [1.82, 2.24) is 34.9 Å². The fourth-order valence-electron chi connectivity index (χ4n) is 5.79. The maximum atomic E-state index is 4.68. The quantitative estimate of drug-likeness (QED) is 0.376. The Hall–Kier alpha value is -3.75. The summed E-state index contributed by atoms with van der Waals surface area (Å²) in [5.74, 6) is 0. The first-order chi connectivity index (χ1) is 18.2. The minimum Gasteiger partial charge on any atom is -0.368 e. The number of aromatic amines is 2. The van der Waals surface area contributed by atoms with Gasteiger partial charge in [0.15, 0.2) is 5.65 Å². The molecule has 0 amide bonds. The maximum absolute atomic E-state index is 4.68. The number of benzene rings is 1. The monoisotopic (exact) mass is 492 g/mol. The molecule has 5 aromatic rings. The first-order valence-electron chi connectivity index (χ1n) is 13.3. The first-order valence-corrected chi connectivity index (χ1v) is 13.3. The van der Waals surface area contributed by atoms with E-state index < -0.39 is 0 Å². The van der Waals surface area contributed by atoms with Gasteiger partial charge in [0.05, 0.1) is 11.4 Å². The smallest absolute Gasteiger partial charge is 0.181 e.